The van der Waals surface area contributed by atoms with Gasteiger partial charge in [-0.3, -0.25) is 9.59 Å². The van der Waals surface area contributed by atoms with E-state index in [2.05, 4.69) is 15.6 Å². The zero-order chi connectivity index (χ0) is 24.1. The van der Waals surface area contributed by atoms with Gasteiger partial charge in [-0.2, -0.15) is 24.9 Å². The molecule has 1 heterocycles. The maximum Gasteiger partial charge on any atom is 0.417 e. The Hall–Kier alpha value is -1.91. The molecule has 0 fully saturated rings. The van der Waals surface area contributed by atoms with Crippen molar-refractivity contribution in [2.24, 2.45) is 0 Å². The average Bonchev–Trinajstić information content (AvgIpc) is 2.69. The lowest BCUT2D eigenvalue weighted by atomic mass is 10.1. The molecular weight excluding hydrogens is 483 g/mol. The molecule has 0 bridgehead atoms. The van der Waals surface area contributed by atoms with E-state index in [1.165, 1.54) is 6.07 Å². The van der Waals surface area contributed by atoms with Crippen LogP contribution in [0, 0.1) is 6.92 Å². The van der Waals surface area contributed by atoms with Crippen LogP contribution in [0.15, 0.2) is 29.3 Å². The largest absolute Gasteiger partial charge is 0.417 e. The first-order chi connectivity index (χ1) is 15.0. The number of anilines is 1. The van der Waals surface area contributed by atoms with Crippen LogP contribution in [0.1, 0.15) is 45.8 Å². The van der Waals surface area contributed by atoms with Crippen LogP contribution in [-0.2, 0) is 6.18 Å². The summed E-state index contributed by atoms with van der Waals surface area (Å²) in [5.41, 5.74) is -0.169. The minimum Gasteiger partial charge on any atom is -0.349 e. The summed E-state index contributed by atoms with van der Waals surface area (Å²) in [6, 6.07) is 3.81. The van der Waals surface area contributed by atoms with Gasteiger partial charge in [0.1, 0.15) is 5.69 Å². The second-order valence-corrected chi connectivity index (χ2v) is 9.58. The van der Waals surface area contributed by atoms with Gasteiger partial charge in [-0.15, -0.1) is 11.8 Å². The number of pyridine rings is 1. The molecule has 0 radical (unpaired) electrons. The molecule has 2 amide bonds. The predicted molar refractivity (Wildman–Crippen MR) is 125 cm³/mol. The van der Waals surface area contributed by atoms with E-state index >= 15 is 0 Å². The molecule has 32 heavy (non-hydrogen) atoms. The van der Waals surface area contributed by atoms with Crippen molar-refractivity contribution in [3.63, 3.8) is 0 Å². The number of hydrogen-bond acceptors (Lipinski definition) is 5. The number of aromatic nitrogens is 1. The number of thioether (sulfide) groups is 2. The van der Waals surface area contributed by atoms with E-state index in [0.29, 0.717) is 28.3 Å². The SMILES string of the molecule is CCSc1cc(C(F)(F)F)cnc1C(=O)Nc1c(C)cc(Cl)cc1C(=O)N[C@@H](C)CSC. The quantitative estimate of drug-likeness (QED) is 0.436. The summed E-state index contributed by atoms with van der Waals surface area (Å²) in [5, 5.41) is 5.81. The van der Waals surface area contributed by atoms with Gasteiger partial charge < -0.3 is 10.6 Å². The molecule has 11 heteroatoms. The molecule has 0 aliphatic heterocycles. The Morgan fingerprint density at radius 1 is 1.22 bits per heavy atom. The van der Waals surface area contributed by atoms with Crippen LogP contribution in [0.5, 0.6) is 0 Å². The highest BCUT2D eigenvalue weighted by Gasteiger charge is 2.32. The Morgan fingerprint density at radius 3 is 2.50 bits per heavy atom. The van der Waals surface area contributed by atoms with E-state index in [0.717, 1.165) is 17.8 Å². The summed E-state index contributed by atoms with van der Waals surface area (Å²) in [5.74, 6) is 0.00637. The third-order valence-corrected chi connectivity index (χ3v) is 6.24. The van der Waals surface area contributed by atoms with Crippen molar-refractivity contribution in [1.82, 2.24) is 10.3 Å². The molecule has 1 aromatic heterocycles. The number of hydrogen-bond donors (Lipinski definition) is 2. The molecular formula is C21H23ClF3N3O2S2. The van der Waals surface area contributed by atoms with Crippen LogP contribution in [0.2, 0.25) is 5.02 Å². The number of nitrogens with zero attached hydrogens (tertiary/aromatic N) is 1. The van der Waals surface area contributed by atoms with Gasteiger partial charge in [0.2, 0.25) is 0 Å². The maximum atomic E-state index is 13.1. The number of rotatable bonds is 8. The third kappa shape index (κ3) is 6.79. The molecule has 2 aromatic rings. The minimum absolute atomic E-state index is 0.103. The van der Waals surface area contributed by atoms with Crippen molar-refractivity contribution in [1.29, 1.82) is 0 Å². The molecule has 0 saturated carbocycles. The summed E-state index contributed by atoms with van der Waals surface area (Å²) in [6.45, 7) is 5.28. The Balaban J connectivity index is 2.42. The monoisotopic (exact) mass is 505 g/mol. The highest BCUT2D eigenvalue weighted by molar-refractivity contribution is 7.99. The molecule has 0 unspecified atom stereocenters. The Morgan fingerprint density at radius 2 is 1.91 bits per heavy atom. The molecule has 174 valence electrons. The molecule has 2 rings (SSSR count). The first-order valence-corrected chi connectivity index (χ1v) is 12.3. The highest BCUT2D eigenvalue weighted by atomic mass is 35.5. The van der Waals surface area contributed by atoms with Gasteiger partial charge in [-0.1, -0.05) is 18.5 Å². The predicted octanol–water partition coefficient (Wildman–Crippen LogP) is 5.91. The van der Waals surface area contributed by atoms with Crippen LogP contribution in [-0.4, -0.2) is 40.6 Å². The average molecular weight is 506 g/mol. The summed E-state index contributed by atoms with van der Waals surface area (Å²) in [7, 11) is 0. The molecule has 1 aromatic carbocycles. The van der Waals surface area contributed by atoms with Gasteiger partial charge in [0.05, 0.1) is 16.8 Å². The summed E-state index contributed by atoms with van der Waals surface area (Å²) >= 11 is 8.77. The number of halogens is 4. The number of carbonyl (C=O) groups is 2. The molecule has 0 aliphatic carbocycles. The zero-order valence-corrected chi connectivity index (χ0v) is 20.3. The number of carbonyl (C=O) groups excluding carboxylic acids is 2. The van der Waals surface area contributed by atoms with Gasteiger partial charge in [-0.05, 0) is 49.6 Å². The molecule has 0 spiro atoms. The first kappa shape index (κ1) is 26.3. The summed E-state index contributed by atoms with van der Waals surface area (Å²) < 4.78 is 39.2. The zero-order valence-electron chi connectivity index (χ0n) is 17.9. The van der Waals surface area contributed by atoms with Crippen molar-refractivity contribution in [2.75, 3.05) is 23.1 Å². The standard InChI is InChI=1S/C21H23ClF3N3O2S2/c1-5-32-16-7-13(21(23,24)25)9-26-18(16)20(30)28-17-11(2)6-14(22)8-15(17)19(29)27-12(3)10-31-4/h6-9,12H,5,10H2,1-4H3,(H,27,29)(H,28,30)/t12-/m0/s1. The molecule has 1 atom stereocenters. The first-order valence-electron chi connectivity index (χ1n) is 9.59. The molecule has 2 N–H and O–H groups in total. The van der Waals surface area contributed by atoms with E-state index in [9.17, 15) is 22.8 Å². The molecule has 0 aliphatic rings. The number of nitrogens with one attached hydrogen (secondary N) is 2. The minimum atomic E-state index is -4.57. The van der Waals surface area contributed by atoms with Crippen LogP contribution in [0.3, 0.4) is 0 Å². The van der Waals surface area contributed by atoms with Crippen molar-refractivity contribution in [2.45, 2.75) is 37.9 Å². The van der Waals surface area contributed by atoms with Crippen LogP contribution in [0.25, 0.3) is 0 Å². The molecule has 5 nitrogen and oxygen atoms in total. The van der Waals surface area contributed by atoms with Gasteiger partial charge in [0.15, 0.2) is 0 Å². The normalized spacial score (nSPS) is 12.4. The fraction of sp³-hybridized carbons (Fsp3) is 0.381. The van der Waals surface area contributed by atoms with Gasteiger partial charge >= 0.3 is 6.18 Å². The van der Waals surface area contributed by atoms with E-state index in [4.69, 9.17) is 11.6 Å². The van der Waals surface area contributed by atoms with Crippen molar-refractivity contribution < 1.29 is 22.8 Å². The molecule has 0 saturated heterocycles. The van der Waals surface area contributed by atoms with E-state index in [1.54, 1.807) is 31.7 Å². The van der Waals surface area contributed by atoms with Crippen molar-refractivity contribution in [3.8, 4) is 0 Å². The van der Waals surface area contributed by atoms with Crippen LogP contribution in [0.4, 0.5) is 18.9 Å². The van der Waals surface area contributed by atoms with E-state index in [-0.39, 0.29) is 27.9 Å². The van der Waals surface area contributed by atoms with Gasteiger partial charge in [0.25, 0.3) is 11.8 Å². The Kier molecular flexibility index (Phi) is 9.29. The fourth-order valence-electron chi connectivity index (χ4n) is 2.89. The Labute approximate surface area is 198 Å². The lowest BCUT2D eigenvalue weighted by Gasteiger charge is -2.18. The topological polar surface area (TPSA) is 71.1 Å². The van der Waals surface area contributed by atoms with Gasteiger partial charge in [-0.25, -0.2) is 4.98 Å². The van der Waals surface area contributed by atoms with E-state index in [1.807, 2.05) is 13.2 Å². The second-order valence-electron chi connectivity index (χ2n) is 6.93. The smallest absolute Gasteiger partial charge is 0.349 e. The van der Waals surface area contributed by atoms with Crippen LogP contribution < -0.4 is 10.6 Å². The lowest BCUT2D eigenvalue weighted by Crippen LogP contribution is -2.35. The lowest BCUT2D eigenvalue weighted by molar-refractivity contribution is -0.138. The maximum absolute atomic E-state index is 13.1. The number of benzene rings is 1. The summed E-state index contributed by atoms with van der Waals surface area (Å²) in [6.07, 6.45) is -2.03. The third-order valence-electron chi connectivity index (χ3n) is 4.27. The van der Waals surface area contributed by atoms with Gasteiger partial charge in [0, 0.05) is 27.9 Å². The second kappa shape index (κ2) is 11.3. The number of amides is 2. The Bertz CT molecular complexity index is 1000. The van der Waals surface area contributed by atoms with Crippen molar-refractivity contribution >= 4 is 52.6 Å². The number of alkyl halides is 3. The summed E-state index contributed by atoms with van der Waals surface area (Å²) in [4.78, 5) is 29.7. The van der Waals surface area contributed by atoms with Crippen LogP contribution >= 0.6 is 35.1 Å². The fourth-order valence-corrected chi connectivity index (χ4v) is 4.55. The highest BCUT2D eigenvalue weighted by Crippen LogP contribution is 2.33. The van der Waals surface area contributed by atoms with Crippen molar-refractivity contribution in [3.05, 3.63) is 51.8 Å². The number of aryl methyl sites for hydroxylation is 1. The van der Waals surface area contributed by atoms with E-state index < -0.39 is 23.6 Å².